The molecule has 1 aliphatic rings. The van der Waals surface area contributed by atoms with Crippen LogP contribution in [-0.4, -0.2) is 54.6 Å². The first-order valence-corrected chi connectivity index (χ1v) is 6.52. The molecule has 0 bridgehead atoms. The van der Waals surface area contributed by atoms with Crippen LogP contribution >= 0.6 is 0 Å². The fraction of sp³-hybridized carbons (Fsp3) is 1.00. The Hall–Kier alpha value is -0.120. The lowest BCUT2D eigenvalue weighted by molar-refractivity contribution is 0.0381. The highest BCUT2D eigenvalue weighted by atomic mass is 15.3. The standard InChI is InChI=1S/C13H29N3/c1-11(2)12(14)6-7-16-9-8-15(5)13(3,4)10-16/h11-12H,6-10,14H2,1-5H3. The van der Waals surface area contributed by atoms with E-state index < -0.39 is 0 Å². The Labute approximate surface area is 101 Å². The molecule has 1 aliphatic heterocycles. The average Bonchev–Trinajstić information content (AvgIpc) is 2.19. The molecule has 1 atom stereocenters. The minimum atomic E-state index is 0.306. The molecule has 1 fully saturated rings. The summed E-state index contributed by atoms with van der Waals surface area (Å²) in [6.45, 7) is 13.7. The summed E-state index contributed by atoms with van der Waals surface area (Å²) in [6.07, 6.45) is 1.12. The lowest BCUT2D eigenvalue weighted by Gasteiger charge is -2.45. The van der Waals surface area contributed by atoms with Gasteiger partial charge in [-0.2, -0.15) is 0 Å². The molecular weight excluding hydrogens is 198 g/mol. The number of nitrogens with two attached hydrogens (primary N) is 1. The Morgan fingerprint density at radius 1 is 1.25 bits per heavy atom. The molecule has 2 N–H and O–H groups in total. The molecule has 0 aromatic carbocycles. The molecule has 1 rings (SSSR count). The van der Waals surface area contributed by atoms with Crippen LogP contribution in [0.4, 0.5) is 0 Å². The molecule has 1 unspecified atom stereocenters. The summed E-state index contributed by atoms with van der Waals surface area (Å²) in [4.78, 5) is 5.01. The molecule has 0 saturated carbocycles. The van der Waals surface area contributed by atoms with E-state index in [1.54, 1.807) is 0 Å². The fourth-order valence-electron chi connectivity index (χ4n) is 2.20. The maximum absolute atomic E-state index is 6.09. The second-order valence-electron chi connectivity index (χ2n) is 6.21. The Morgan fingerprint density at radius 3 is 2.38 bits per heavy atom. The monoisotopic (exact) mass is 227 g/mol. The number of nitrogens with zero attached hydrogens (tertiary/aromatic N) is 2. The lowest BCUT2D eigenvalue weighted by atomic mass is 9.98. The number of hydrogen-bond acceptors (Lipinski definition) is 3. The predicted octanol–water partition coefficient (Wildman–Crippen LogP) is 1.39. The van der Waals surface area contributed by atoms with E-state index in [0.29, 0.717) is 17.5 Å². The van der Waals surface area contributed by atoms with Crippen LogP contribution in [0.25, 0.3) is 0 Å². The third kappa shape index (κ3) is 3.72. The van der Waals surface area contributed by atoms with Gasteiger partial charge in [-0.15, -0.1) is 0 Å². The summed E-state index contributed by atoms with van der Waals surface area (Å²) >= 11 is 0. The van der Waals surface area contributed by atoms with Gasteiger partial charge in [0.1, 0.15) is 0 Å². The molecule has 3 nitrogen and oxygen atoms in total. The Kier molecular flexibility index (Phi) is 4.77. The minimum absolute atomic E-state index is 0.306. The zero-order valence-corrected chi connectivity index (χ0v) is 11.7. The minimum Gasteiger partial charge on any atom is -0.327 e. The molecular formula is C13H29N3. The van der Waals surface area contributed by atoms with Crippen molar-refractivity contribution in [1.29, 1.82) is 0 Å². The van der Waals surface area contributed by atoms with Crippen LogP contribution in [0.1, 0.15) is 34.1 Å². The number of likely N-dealkylation sites (N-methyl/N-ethyl adjacent to an activating group) is 1. The summed E-state index contributed by atoms with van der Waals surface area (Å²) < 4.78 is 0. The van der Waals surface area contributed by atoms with Gasteiger partial charge < -0.3 is 10.6 Å². The first-order chi connectivity index (χ1) is 7.33. The predicted molar refractivity (Wildman–Crippen MR) is 70.6 cm³/mol. The van der Waals surface area contributed by atoms with Gasteiger partial charge in [0, 0.05) is 31.2 Å². The van der Waals surface area contributed by atoms with Gasteiger partial charge in [0.15, 0.2) is 0 Å². The maximum atomic E-state index is 6.09. The third-order valence-corrected chi connectivity index (χ3v) is 4.03. The van der Waals surface area contributed by atoms with Crippen molar-refractivity contribution in [1.82, 2.24) is 9.80 Å². The van der Waals surface area contributed by atoms with Gasteiger partial charge in [-0.05, 0) is 39.8 Å². The van der Waals surface area contributed by atoms with E-state index in [4.69, 9.17) is 5.73 Å². The Bertz CT molecular complexity index is 213. The van der Waals surface area contributed by atoms with Gasteiger partial charge in [-0.3, -0.25) is 4.90 Å². The van der Waals surface area contributed by atoms with Gasteiger partial charge in [0.2, 0.25) is 0 Å². The van der Waals surface area contributed by atoms with Crippen molar-refractivity contribution in [3.05, 3.63) is 0 Å². The van der Waals surface area contributed by atoms with Crippen molar-refractivity contribution in [2.75, 3.05) is 33.2 Å². The van der Waals surface area contributed by atoms with Crippen molar-refractivity contribution < 1.29 is 0 Å². The van der Waals surface area contributed by atoms with Crippen molar-refractivity contribution in [3.63, 3.8) is 0 Å². The van der Waals surface area contributed by atoms with Gasteiger partial charge in [-0.25, -0.2) is 0 Å². The van der Waals surface area contributed by atoms with E-state index in [2.05, 4.69) is 44.5 Å². The normalized spacial score (nSPS) is 24.9. The van der Waals surface area contributed by atoms with Crippen molar-refractivity contribution in [3.8, 4) is 0 Å². The van der Waals surface area contributed by atoms with Crippen LogP contribution in [0.15, 0.2) is 0 Å². The van der Waals surface area contributed by atoms with E-state index in [9.17, 15) is 0 Å². The molecule has 3 heteroatoms. The summed E-state index contributed by atoms with van der Waals surface area (Å²) in [5, 5.41) is 0. The molecule has 1 saturated heterocycles. The third-order valence-electron chi connectivity index (χ3n) is 4.03. The van der Waals surface area contributed by atoms with E-state index in [1.165, 1.54) is 13.1 Å². The first kappa shape index (κ1) is 13.9. The smallest absolute Gasteiger partial charge is 0.0277 e. The van der Waals surface area contributed by atoms with Gasteiger partial charge >= 0.3 is 0 Å². The van der Waals surface area contributed by atoms with Crippen molar-refractivity contribution >= 4 is 0 Å². The molecule has 96 valence electrons. The summed E-state index contributed by atoms with van der Waals surface area (Å²) in [5.74, 6) is 0.598. The lowest BCUT2D eigenvalue weighted by Crippen LogP contribution is -2.57. The molecule has 0 aromatic heterocycles. The molecule has 16 heavy (non-hydrogen) atoms. The summed E-state index contributed by atoms with van der Waals surface area (Å²) in [6, 6.07) is 0.350. The quantitative estimate of drug-likeness (QED) is 0.788. The number of hydrogen-bond donors (Lipinski definition) is 1. The molecule has 0 spiro atoms. The molecule has 0 aromatic rings. The second kappa shape index (κ2) is 5.48. The summed E-state index contributed by atoms with van der Waals surface area (Å²) in [5.41, 5.74) is 6.40. The Morgan fingerprint density at radius 2 is 1.88 bits per heavy atom. The summed E-state index contributed by atoms with van der Waals surface area (Å²) in [7, 11) is 2.22. The van der Waals surface area contributed by atoms with Crippen molar-refractivity contribution in [2.45, 2.75) is 45.7 Å². The molecule has 0 radical (unpaired) electrons. The highest BCUT2D eigenvalue weighted by Gasteiger charge is 2.30. The van der Waals surface area contributed by atoms with Crippen LogP contribution < -0.4 is 5.73 Å². The van der Waals surface area contributed by atoms with Crippen molar-refractivity contribution in [2.24, 2.45) is 11.7 Å². The second-order valence-corrected chi connectivity index (χ2v) is 6.21. The van der Waals surface area contributed by atoms with Crippen LogP contribution in [0.2, 0.25) is 0 Å². The SMILES string of the molecule is CC(C)C(N)CCN1CCN(C)C(C)(C)C1. The molecule has 0 amide bonds. The van der Waals surface area contributed by atoms with E-state index in [0.717, 1.165) is 19.5 Å². The average molecular weight is 227 g/mol. The van der Waals surface area contributed by atoms with Crippen LogP contribution in [0, 0.1) is 5.92 Å². The van der Waals surface area contributed by atoms with E-state index >= 15 is 0 Å². The Balaban J connectivity index is 2.34. The van der Waals surface area contributed by atoms with E-state index in [-0.39, 0.29) is 0 Å². The topological polar surface area (TPSA) is 32.5 Å². The highest BCUT2D eigenvalue weighted by Crippen LogP contribution is 2.19. The zero-order chi connectivity index (χ0) is 12.3. The van der Waals surface area contributed by atoms with E-state index in [1.807, 2.05) is 0 Å². The van der Waals surface area contributed by atoms with Gasteiger partial charge in [0.25, 0.3) is 0 Å². The zero-order valence-electron chi connectivity index (χ0n) is 11.7. The van der Waals surface area contributed by atoms with Gasteiger partial charge in [0.05, 0.1) is 0 Å². The molecule has 1 heterocycles. The number of piperazine rings is 1. The molecule has 0 aliphatic carbocycles. The van der Waals surface area contributed by atoms with Crippen LogP contribution in [0.5, 0.6) is 0 Å². The maximum Gasteiger partial charge on any atom is 0.0277 e. The first-order valence-electron chi connectivity index (χ1n) is 6.52. The highest BCUT2D eigenvalue weighted by molar-refractivity contribution is 4.88. The number of rotatable bonds is 4. The van der Waals surface area contributed by atoms with Crippen LogP contribution in [0.3, 0.4) is 0 Å². The van der Waals surface area contributed by atoms with Gasteiger partial charge in [-0.1, -0.05) is 13.8 Å². The van der Waals surface area contributed by atoms with Crippen LogP contribution in [-0.2, 0) is 0 Å². The largest absolute Gasteiger partial charge is 0.327 e. The fourth-order valence-corrected chi connectivity index (χ4v) is 2.20.